The van der Waals surface area contributed by atoms with Crippen LogP contribution in [-0.4, -0.2) is 37.3 Å². The summed E-state index contributed by atoms with van der Waals surface area (Å²) in [5, 5.41) is 16.4. The molecule has 0 unspecified atom stereocenters. The van der Waals surface area contributed by atoms with Crippen LogP contribution in [0.1, 0.15) is 26.7 Å². The minimum absolute atomic E-state index is 0.133. The summed E-state index contributed by atoms with van der Waals surface area (Å²) in [6, 6.07) is 5.20. The Morgan fingerprint density at radius 3 is 2.67 bits per heavy atom. The zero-order valence-electron chi connectivity index (χ0n) is 12.2. The average molecular weight is 292 g/mol. The van der Waals surface area contributed by atoms with Gasteiger partial charge in [0.15, 0.2) is 5.65 Å². The van der Waals surface area contributed by atoms with Gasteiger partial charge in [-0.1, -0.05) is 19.9 Å². The molecule has 0 fully saturated rings. The first kappa shape index (κ1) is 15.2. The first-order chi connectivity index (χ1) is 10.0. The quantitative estimate of drug-likeness (QED) is 0.794. The normalized spacial score (nSPS) is 11.8. The van der Waals surface area contributed by atoms with Gasteiger partial charge in [-0.25, -0.2) is 9.48 Å². The van der Waals surface area contributed by atoms with Gasteiger partial charge in [-0.3, -0.25) is 9.20 Å². The fraction of sp³-hybridized carbons (Fsp3) is 0.500. The number of pyridine rings is 1. The van der Waals surface area contributed by atoms with Crippen molar-refractivity contribution in [3.8, 4) is 0 Å². The van der Waals surface area contributed by atoms with Gasteiger partial charge in [-0.2, -0.15) is 0 Å². The van der Waals surface area contributed by atoms with E-state index in [2.05, 4.69) is 10.4 Å². The van der Waals surface area contributed by atoms with Crippen LogP contribution in [0.4, 0.5) is 0 Å². The van der Waals surface area contributed by atoms with E-state index in [1.54, 1.807) is 24.4 Å². The minimum atomic E-state index is -0.639. The molecular weight excluding hydrogens is 272 g/mol. The number of carbonyl (C=O) groups is 1. The molecule has 7 heteroatoms. The molecule has 0 atom stereocenters. The molecule has 2 N–H and O–H groups in total. The van der Waals surface area contributed by atoms with Crippen LogP contribution < -0.4 is 11.0 Å². The van der Waals surface area contributed by atoms with E-state index in [0.717, 1.165) is 4.68 Å². The van der Waals surface area contributed by atoms with Crippen LogP contribution in [-0.2, 0) is 11.3 Å². The molecule has 0 radical (unpaired) electrons. The molecule has 0 spiro atoms. The molecule has 0 aliphatic carbocycles. The second kappa shape index (κ2) is 6.09. The van der Waals surface area contributed by atoms with Crippen molar-refractivity contribution < 1.29 is 9.90 Å². The number of carbonyl (C=O) groups excluding carboxylic acids is 1. The third-order valence-corrected chi connectivity index (χ3v) is 3.84. The van der Waals surface area contributed by atoms with Crippen molar-refractivity contribution in [3.63, 3.8) is 0 Å². The fourth-order valence-corrected chi connectivity index (χ4v) is 2.23. The molecule has 0 aliphatic heterocycles. The minimum Gasteiger partial charge on any atom is -0.394 e. The van der Waals surface area contributed by atoms with Gasteiger partial charge in [-0.05, 0) is 25.0 Å². The van der Waals surface area contributed by atoms with Gasteiger partial charge in [0.1, 0.15) is 6.54 Å². The van der Waals surface area contributed by atoms with E-state index in [0.29, 0.717) is 18.5 Å². The number of aliphatic hydroxyl groups excluding tert-OH is 1. The van der Waals surface area contributed by atoms with Crippen molar-refractivity contribution in [1.82, 2.24) is 19.5 Å². The predicted molar refractivity (Wildman–Crippen MR) is 78.0 cm³/mol. The maximum absolute atomic E-state index is 12.1. The highest BCUT2D eigenvalue weighted by atomic mass is 16.3. The summed E-state index contributed by atoms with van der Waals surface area (Å²) in [5.41, 5.74) is -0.502. The van der Waals surface area contributed by atoms with E-state index in [1.807, 2.05) is 13.8 Å². The molecule has 0 aliphatic rings. The molecule has 114 valence electrons. The first-order valence-corrected chi connectivity index (χ1v) is 7.01. The SMILES string of the molecule is CCC(CC)(CO)NC(=O)Cn1nc2ccccn2c1=O. The fourth-order valence-electron chi connectivity index (χ4n) is 2.23. The van der Waals surface area contributed by atoms with Gasteiger partial charge in [0, 0.05) is 6.20 Å². The van der Waals surface area contributed by atoms with Crippen molar-refractivity contribution in [2.75, 3.05) is 6.61 Å². The molecule has 7 nitrogen and oxygen atoms in total. The highest BCUT2D eigenvalue weighted by molar-refractivity contribution is 5.76. The molecule has 21 heavy (non-hydrogen) atoms. The summed E-state index contributed by atoms with van der Waals surface area (Å²) >= 11 is 0. The lowest BCUT2D eigenvalue weighted by Crippen LogP contribution is -2.51. The number of hydrogen-bond acceptors (Lipinski definition) is 4. The van der Waals surface area contributed by atoms with Gasteiger partial charge >= 0.3 is 5.69 Å². The molecule has 0 saturated heterocycles. The van der Waals surface area contributed by atoms with Crippen molar-refractivity contribution >= 4 is 11.6 Å². The van der Waals surface area contributed by atoms with Gasteiger partial charge in [0.05, 0.1) is 12.1 Å². The van der Waals surface area contributed by atoms with Crippen LogP contribution in [0.3, 0.4) is 0 Å². The molecule has 0 aromatic carbocycles. The van der Waals surface area contributed by atoms with E-state index in [4.69, 9.17) is 0 Å². The Hall–Kier alpha value is -2.15. The largest absolute Gasteiger partial charge is 0.394 e. The smallest absolute Gasteiger partial charge is 0.350 e. The highest BCUT2D eigenvalue weighted by Gasteiger charge is 2.27. The Morgan fingerprint density at radius 1 is 1.38 bits per heavy atom. The third kappa shape index (κ3) is 2.97. The summed E-state index contributed by atoms with van der Waals surface area (Å²) in [5.74, 6) is -0.335. The molecule has 2 heterocycles. The maximum Gasteiger partial charge on any atom is 0.350 e. The molecule has 2 rings (SSSR count). The molecular formula is C14H20N4O3. The number of nitrogens with zero attached hydrogens (tertiary/aromatic N) is 3. The van der Waals surface area contributed by atoms with Crippen LogP contribution in [0.25, 0.3) is 5.65 Å². The van der Waals surface area contributed by atoms with Crippen molar-refractivity contribution in [2.24, 2.45) is 0 Å². The lowest BCUT2D eigenvalue weighted by Gasteiger charge is -2.30. The Balaban J connectivity index is 2.18. The first-order valence-electron chi connectivity index (χ1n) is 7.01. The number of nitrogens with one attached hydrogen (secondary N) is 1. The van der Waals surface area contributed by atoms with Crippen molar-refractivity contribution in [2.45, 2.75) is 38.8 Å². The molecule has 2 aromatic heterocycles. The van der Waals surface area contributed by atoms with E-state index < -0.39 is 5.54 Å². The van der Waals surface area contributed by atoms with Crippen LogP contribution in [0, 0.1) is 0 Å². The van der Waals surface area contributed by atoms with Crippen LogP contribution in [0.15, 0.2) is 29.2 Å². The van der Waals surface area contributed by atoms with Crippen molar-refractivity contribution in [3.05, 3.63) is 34.9 Å². The molecule has 2 aromatic rings. The Kier molecular flexibility index (Phi) is 4.42. The molecule has 1 amide bonds. The van der Waals surface area contributed by atoms with Crippen LogP contribution in [0.5, 0.6) is 0 Å². The van der Waals surface area contributed by atoms with Crippen molar-refractivity contribution in [1.29, 1.82) is 0 Å². The van der Waals surface area contributed by atoms with Crippen LogP contribution in [0.2, 0.25) is 0 Å². The van der Waals surface area contributed by atoms with Gasteiger partial charge < -0.3 is 10.4 Å². The summed E-state index contributed by atoms with van der Waals surface area (Å²) in [4.78, 5) is 24.2. The third-order valence-electron chi connectivity index (χ3n) is 3.84. The monoisotopic (exact) mass is 292 g/mol. The number of aromatic nitrogens is 3. The zero-order valence-corrected chi connectivity index (χ0v) is 12.2. The second-order valence-corrected chi connectivity index (χ2v) is 5.06. The number of hydrogen-bond donors (Lipinski definition) is 2. The predicted octanol–water partition coefficient (Wildman–Crippen LogP) is 0.163. The van der Waals surface area contributed by atoms with E-state index in [-0.39, 0.29) is 24.7 Å². The topological polar surface area (TPSA) is 88.6 Å². The summed E-state index contributed by atoms with van der Waals surface area (Å²) in [6.07, 6.45) is 2.84. The van der Waals surface area contributed by atoms with Gasteiger partial charge in [0.2, 0.25) is 5.91 Å². The summed E-state index contributed by atoms with van der Waals surface area (Å²) in [6.45, 7) is 3.50. The maximum atomic E-state index is 12.1. The lowest BCUT2D eigenvalue weighted by atomic mass is 9.94. The number of aliphatic hydroxyl groups is 1. The Morgan fingerprint density at radius 2 is 2.10 bits per heavy atom. The molecule has 0 bridgehead atoms. The zero-order chi connectivity index (χ0) is 15.5. The standard InChI is InChI=1S/C14H20N4O3/c1-3-14(4-2,10-19)15-12(20)9-18-13(21)17-8-6-5-7-11(17)16-18/h5-8,19H,3-4,9-10H2,1-2H3,(H,15,20). The van der Waals surface area contributed by atoms with E-state index >= 15 is 0 Å². The van der Waals surface area contributed by atoms with Gasteiger partial charge in [0.25, 0.3) is 0 Å². The molecule has 0 saturated carbocycles. The summed E-state index contributed by atoms with van der Waals surface area (Å²) in [7, 11) is 0. The second-order valence-electron chi connectivity index (χ2n) is 5.06. The average Bonchev–Trinajstić information content (AvgIpc) is 2.82. The number of amides is 1. The van der Waals surface area contributed by atoms with Gasteiger partial charge in [-0.15, -0.1) is 5.10 Å². The van der Waals surface area contributed by atoms with E-state index in [1.165, 1.54) is 4.40 Å². The number of fused-ring (bicyclic) bond motifs is 1. The number of rotatable bonds is 6. The lowest BCUT2D eigenvalue weighted by molar-refractivity contribution is -0.124. The van der Waals surface area contributed by atoms with Crippen LogP contribution >= 0.6 is 0 Å². The summed E-state index contributed by atoms with van der Waals surface area (Å²) < 4.78 is 2.50. The Bertz CT molecular complexity index is 677. The highest BCUT2D eigenvalue weighted by Crippen LogP contribution is 2.13. The Labute approximate surface area is 122 Å². The van der Waals surface area contributed by atoms with E-state index in [9.17, 15) is 14.7 Å².